The van der Waals surface area contributed by atoms with Gasteiger partial charge < -0.3 is 15.5 Å². The number of hydrogen-bond acceptors (Lipinski definition) is 3. The van der Waals surface area contributed by atoms with Crippen LogP contribution in [0.15, 0.2) is 18.2 Å². The summed E-state index contributed by atoms with van der Waals surface area (Å²) < 4.78 is 26.6. The highest BCUT2D eigenvalue weighted by Crippen LogP contribution is 2.20. The molecule has 5 heteroatoms. The van der Waals surface area contributed by atoms with Crippen LogP contribution in [0.5, 0.6) is 0 Å². The average molecular weight is 245 g/mol. The van der Waals surface area contributed by atoms with Crippen LogP contribution in [-0.4, -0.2) is 29.4 Å². The fourth-order valence-corrected chi connectivity index (χ4v) is 1.55. The van der Waals surface area contributed by atoms with Crippen LogP contribution in [0.4, 0.5) is 8.78 Å². The van der Waals surface area contributed by atoms with Crippen molar-refractivity contribution < 1.29 is 19.0 Å². The van der Waals surface area contributed by atoms with Gasteiger partial charge >= 0.3 is 0 Å². The molecule has 0 saturated heterocycles. The van der Waals surface area contributed by atoms with E-state index >= 15 is 0 Å². The third-order valence-electron chi connectivity index (χ3n) is 2.65. The molecule has 0 amide bonds. The topological polar surface area (TPSA) is 52.5 Å². The summed E-state index contributed by atoms with van der Waals surface area (Å²) in [6.07, 6.45) is -0.597. The molecule has 0 fully saturated rings. The minimum atomic E-state index is -1.27. The number of aliphatic hydroxyl groups is 2. The van der Waals surface area contributed by atoms with Crippen LogP contribution in [0.1, 0.15) is 25.0 Å². The smallest absolute Gasteiger partial charge is 0.131 e. The molecule has 0 aliphatic carbocycles. The molecule has 1 aromatic carbocycles. The maximum atomic E-state index is 13.3. The van der Waals surface area contributed by atoms with Crippen molar-refractivity contribution in [2.75, 3.05) is 13.2 Å². The molecule has 2 atom stereocenters. The largest absolute Gasteiger partial charge is 0.395 e. The maximum absolute atomic E-state index is 13.3. The Kier molecular flexibility index (Phi) is 5.47. The lowest BCUT2D eigenvalue weighted by atomic mass is 10.1. The Labute approximate surface area is 99.1 Å². The van der Waals surface area contributed by atoms with E-state index in [9.17, 15) is 13.9 Å². The minimum Gasteiger partial charge on any atom is -0.395 e. The Morgan fingerprint density at radius 2 is 1.88 bits per heavy atom. The molecule has 0 radical (unpaired) electrons. The van der Waals surface area contributed by atoms with E-state index in [1.165, 1.54) is 6.07 Å². The van der Waals surface area contributed by atoms with Crippen molar-refractivity contribution in [3.63, 3.8) is 0 Å². The Morgan fingerprint density at radius 1 is 1.29 bits per heavy atom. The van der Waals surface area contributed by atoms with Crippen molar-refractivity contribution in [3.8, 4) is 0 Å². The van der Waals surface area contributed by atoms with Gasteiger partial charge in [0.1, 0.15) is 11.6 Å². The van der Waals surface area contributed by atoms with E-state index < -0.39 is 17.7 Å². The lowest BCUT2D eigenvalue weighted by molar-refractivity contribution is 0.150. The lowest BCUT2D eigenvalue weighted by Crippen LogP contribution is -2.35. The van der Waals surface area contributed by atoms with Crippen molar-refractivity contribution >= 4 is 0 Å². The fraction of sp³-hybridized carbons (Fsp3) is 0.500. The number of rotatable bonds is 6. The summed E-state index contributed by atoms with van der Waals surface area (Å²) >= 11 is 0. The molecule has 0 heterocycles. The number of halogens is 2. The van der Waals surface area contributed by atoms with Gasteiger partial charge in [0.2, 0.25) is 0 Å². The summed E-state index contributed by atoms with van der Waals surface area (Å²) in [4.78, 5) is 0. The molecule has 3 N–H and O–H groups in total. The predicted molar refractivity (Wildman–Crippen MR) is 60.5 cm³/mol. The van der Waals surface area contributed by atoms with Crippen LogP contribution < -0.4 is 5.32 Å². The van der Waals surface area contributed by atoms with Gasteiger partial charge in [0.25, 0.3) is 0 Å². The zero-order chi connectivity index (χ0) is 12.8. The summed E-state index contributed by atoms with van der Waals surface area (Å²) in [6, 6.07) is 3.27. The molecule has 1 aromatic rings. The second kappa shape index (κ2) is 6.64. The first-order chi connectivity index (χ1) is 8.10. The number of nitrogens with one attached hydrogen (secondary N) is 1. The fourth-order valence-electron chi connectivity index (χ4n) is 1.55. The van der Waals surface area contributed by atoms with Gasteiger partial charge in [-0.2, -0.15) is 0 Å². The van der Waals surface area contributed by atoms with E-state index in [1.54, 1.807) is 0 Å². The van der Waals surface area contributed by atoms with Gasteiger partial charge in [-0.25, -0.2) is 8.78 Å². The summed E-state index contributed by atoms with van der Waals surface area (Å²) in [5.74, 6) is -1.53. The van der Waals surface area contributed by atoms with Crippen molar-refractivity contribution in [2.45, 2.75) is 25.5 Å². The molecular formula is C12H17F2NO2. The Hall–Kier alpha value is -1.04. The third-order valence-corrected chi connectivity index (χ3v) is 2.65. The molecule has 0 saturated carbocycles. The molecular weight excluding hydrogens is 228 g/mol. The third kappa shape index (κ3) is 3.73. The standard InChI is InChI=1S/C12H17F2NO2/c1-2-8(7-16)15-6-11(17)12-9(13)4-3-5-10(12)14/h3-5,8,11,15-17H,2,6-7H2,1H3. The normalized spacial score (nSPS) is 14.6. The maximum Gasteiger partial charge on any atom is 0.131 e. The van der Waals surface area contributed by atoms with E-state index in [1.807, 2.05) is 6.92 Å². The minimum absolute atomic E-state index is 0.00306. The monoisotopic (exact) mass is 245 g/mol. The van der Waals surface area contributed by atoms with Crippen molar-refractivity contribution in [1.29, 1.82) is 0 Å². The molecule has 96 valence electrons. The van der Waals surface area contributed by atoms with Crippen molar-refractivity contribution in [3.05, 3.63) is 35.4 Å². The Balaban J connectivity index is 2.66. The molecule has 0 aromatic heterocycles. The van der Waals surface area contributed by atoms with E-state index in [-0.39, 0.29) is 24.8 Å². The van der Waals surface area contributed by atoms with Crippen LogP contribution in [0.3, 0.4) is 0 Å². The summed E-state index contributed by atoms with van der Waals surface area (Å²) in [5.41, 5.74) is -0.340. The number of hydrogen-bond donors (Lipinski definition) is 3. The van der Waals surface area contributed by atoms with Crippen LogP contribution in [0.25, 0.3) is 0 Å². The first-order valence-electron chi connectivity index (χ1n) is 5.56. The van der Waals surface area contributed by atoms with Gasteiger partial charge in [0.05, 0.1) is 18.3 Å². The SMILES string of the molecule is CCC(CO)NCC(O)c1c(F)cccc1F. The van der Waals surface area contributed by atoms with Crippen molar-refractivity contribution in [1.82, 2.24) is 5.32 Å². The van der Waals surface area contributed by atoms with Gasteiger partial charge in [-0.15, -0.1) is 0 Å². The first kappa shape index (κ1) is 14.0. The highest BCUT2D eigenvalue weighted by atomic mass is 19.1. The van der Waals surface area contributed by atoms with Crippen LogP contribution >= 0.6 is 0 Å². The summed E-state index contributed by atoms with van der Waals surface area (Å²) in [5, 5.41) is 21.5. The molecule has 0 aliphatic heterocycles. The van der Waals surface area contributed by atoms with Gasteiger partial charge in [-0.05, 0) is 18.6 Å². The highest BCUT2D eigenvalue weighted by molar-refractivity contribution is 5.22. The molecule has 1 rings (SSSR count). The van der Waals surface area contributed by atoms with Crippen LogP contribution in [0.2, 0.25) is 0 Å². The Bertz CT molecular complexity index is 336. The lowest BCUT2D eigenvalue weighted by Gasteiger charge is -2.18. The molecule has 0 aliphatic rings. The second-order valence-corrected chi connectivity index (χ2v) is 3.85. The average Bonchev–Trinajstić information content (AvgIpc) is 2.30. The van der Waals surface area contributed by atoms with Crippen LogP contribution in [-0.2, 0) is 0 Å². The summed E-state index contributed by atoms with van der Waals surface area (Å²) in [6.45, 7) is 1.78. The molecule has 0 bridgehead atoms. The van der Waals surface area contributed by atoms with E-state index in [4.69, 9.17) is 5.11 Å². The Morgan fingerprint density at radius 3 is 2.35 bits per heavy atom. The predicted octanol–water partition coefficient (Wildman–Crippen LogP) is 1.36. The zero-order valence-electron chi connectivity index (χ0n) is 9.66. The highest BCUT2D eigenvalue weighted by Gasteiger charge is 2.18. The van der Waals surface area contributed by atoms with E-state index in [2.05, 4.69) is 5.32 Å². The zero-order valence-corrected chi connectivity index (χ0v) is 9.66. The quantitative estimate of drug-likeness (QED) is 0.709. The first-order valence-corrected chi connectivity index (χ1v) is 5.56. The summed E-state index contributed by atoms with van der Waals surface area (Å²) in [7, 11) is 0. The van der Waals surface area contributed by atoms with Gasteiger partial charge in [0, 0.05) is 12.6 Å². The molecule has 0 spiro atoms. The molecule has 17 heavy (non-hydrogen) atoms. The van der Waals surface area contributed by atoms with Crippen molar-refractivity contribution in [2.24, 2.45) is 0 Å². The van der Waals surface area contributed by atoms with Gasteiger partial charge in [0.15, 0.2) is 0 Å². The van der Waals surface area contributed by atoms with E-state index in [0.29, 0.717) is 6.42 Å². The van der Waals surface area contributed by atoms with Gasteiger partial charge in [-0.3, -0.25) is 0 Å². The van der Waals surface area contributed by atoms with Gasteiger partial charge in [-0.1, -0.05) is 13.0 Å². The van der Waals surface area contributed by atoms with E-state index in [0.717, 1.165) is 12.1 Å². The molecule has 3 nitrogen and oxygen atoms in total. The number of aliphatic hydroxyl groups excluding tert-OH is 2. The van der Waals surface area contributed by atoms with Crippen LogP contribution in [0, 0.1) is 11.6 Å². The number of benzene rings is 1. The molecule has 2 unspecified atom stereocenters. The second-order valence-electron chi connectivity index (χ2n) is 3.85.